The Kier molecular flexibility index (Phi) is 4.25. The molecule has 4 nitrogen and oxygen atoms in total. The average molecular weight is 270 g/mol. The molecule has 2 aromatic rings. The fraction of sp³-hybridized carbons (Fsp3) is 0.188. The maximum absolute atomic E-state index is 12.2. The second kappa shape index (κ2) is 6.10. The third-order valence-electron chi connectivity index (χ3n) is 3.17. The molecule has 0 saturated carbocycles. The van der Waals surface area contributed by atoms with E-state index in [-0.39, 0.29) is 5.91 Å². The first-order chi connectivity index (χ1) is 9.60. The summed E-state index contributed by atoms with van der Waals surface area (Å²) in [5, 5.41) is 0. The lowest BCUT2D eigenvalue weighted by molar-refractivity contribution is -0.117. The van der Waals surface area contributed by atoms with Gasteiger partial charge in [0.15, 0.2) is 0 Å². The van der Waals surface area contributed by atoms with Crippen molar-refractivity contribution in [1.82, 2.24) is 0 Å². The standard InChI is InChI=1S/C16H18N2O2/c1-18(14-7-9-15(20-2)10-8-14)16(19)11-12-3-5-13(17)6-4-12/h3-10H,11,17H2,1-2H3. The van der Waals surface area contributed by atoms with Crippen molar-refractivity contribution in [3.05, 3.63) is 54.1 Å². The molecule has 4 heteroatoms. The number of likely N-dealkylation sites (N-methyl/N-ethyl adjacent to an activating group) is 1. The van der Waals surface area contributed by atoms with Crippen LogP contribution in [0, 0.1) is 0 Å². The number of benzene rings is 2. The quantitative estimate of drug-likeness (QED) is 0.868. The van der Waals surface area contributed by atoms with Crippen molar-refractivity contribution >= 4 is 17.3 Å². The first-order valence-electron chi connectivity index (χ1n) is 6.35. The molecule has 0 bridgehead atoms. The molecule has 2 rings (SSSR count). The molecular formula is C16H18N2O2. The molecule has 0 spiro atoms. The van der Waals surface area contributed by atoms with Crippen molar-refractivity contribution in [1.29, 1.82) is 0 Å². The van der Waals surface area contributed by atoms with E-state index < -0.39 is 0 Å². The molecule has 104 valence electrons. The average Bonchev–Trinajstić information content (AvgIpc) is 2.49. The fourth-order valence-electron chi connectivity index (χ4n) is 1.88. The third kappa shape index (κ3) is 3.29. The van der Waals surface area contributed by atoms with Crippen LogP contribution in [0.15, 0.2) is 48.5 Å². The van der Waals surface area contributed by atoms with Gasteiger partial charge in [0.1, 0.15) is 5.75 Å². The van der Waals surface area contributed by atoms with E-state index in [1.165, 1.54) is 0 Å². The van der Waals surface area contributed by atoms with Crippen molar-refractivity contribution < 1.29 is 9.53 Å². The van der Waals surface area contributed by atoms with E-state index in [4.69, 9.17) is 10.5 Å². The maximum Gasteiger partial charge on any atom is 0.231 e. The predicted octanol–water partition coefficient (Wildman–Crippen LogP) is 2.48. The number of nitrogens with zero attached hydrogens (tertiary/aromatic N) is 1. The monoisotopic (exact) mass is 270 g/mol. The van der Waals surface area contributed by atoms with Gasteiger partial charge < -0.3 is 15.4 Å². The highest BCUT2D eigenvalue weighted by molar-refractivity contribution is 5.94. The van der Waals surface area contributed by atoms with Crippen molar-refractivity contribution in [3.8, 4) is 5.75 Å². The molecule has 0 unspecified atom stereocenters. The van der Waals surface area contributed by atoms with Gasteiger partial charge in [-0.1, -0.05) is 12.1 Å². The van der Waals surface area contributed by atoms with E-state index in [2.05, 4.69) is 0 Å². The molecule has 2 N–H and O–H groups in total. The summed E-state index contributed by atoms with van der Waals surface area (Å²) in [5.74, 6) is 0.799. The van der Waals surface area contributed by atoms with Crippen molar-refractivity contribution in [2.24, 2.45) is 0 Å². The Bertz CT molecular complexity index is 576. The Balaban J connectivity index is 2.05. The summed E-state index contributed by atoms with van der Waals surface area (Å²) in [7, 11) is 3.38. The van der Waals surface area contributed by atoms with Gasteiger partial charge in [0.25, 0.3) is 0 Å². The van der Waals surface area contributed by atoms with Gasteiger partial charge >= 0.3 is 0 Å². The number of hydrogen-bond acceptors (Lipinski definition) is 3. The summed E-state index contributed by atoms with van der Waals surface area (Å²) < 4.78 is 5.10. The zero-order chi connectivity index (χ0) is 14.5. The number of nitrogen functional groups attached to an aromatic ring is 1. The van der Waals surface area contributed by atoms with E-state index >= 15 is 0 Å². The van der Waals surface area contributed by atoms with E-state index in [1.54, 1.807) is 31.2 Å². The Labute approximate surface area is 118 Å². The molecule has 0 aliphatic heterocycles. The molecule has 0 aromatic heterocycles. The summed E-state index contributed by atoms with van der Waals surface area (Å²) in [6.45, 7) is 0. The smallest absolute Gasteiger partial charge is 0.231 e. The van der Waals surface area contributed by atoms with Crippen LogP contribution < -0.4 is 15.4 Å². The zero-order valence-corrected chi connectivity index (χ0v) is 11.7. The fourth-order valence-corrected chi connectivity index (χ4v) is 1.88. The minimum Gasteiger partial charge on any atom is -0.497 e. The Morgan fingerprint density at radius 1 is 1.10 bits per heavy atom. The Morgan fingerprint density at radius 3 is 2.25 bits per heavy atom. The highest BCUT2D eigenvalue weighted by Crippen LogP contribution is 2.19. The molecular weight excluding hydrogens is 252 g/mol. The lowest BCUT2D eigenvalue weighted by Gasteiger charge is -2.17. The van der Waals surface area contributed by atoms with Crippen LogP contribution in [0.3, 0.4) is 0 Å². The van der Waals surface area contributed by atoms with Crippen LogP contribution >= 0.6 is 0 Å². The van der Waals surface area contributed by atoms with Crippen LogP contribution in [-0.2, 0) is 11.2 Å². The molecule has 0 saturated heterocycles. The Morgan fingerprint density at radius 2 is 1.70 bits per heavy atom. The largest absolute Gasteiger partial charge is 0.497 e. The van der Waals surface area contributed by atoms with Crippen LogP contribution in [0.4, 0.5) is 11.4 Å². The summed E-state index contributed by atoms with van der Waals surface area (Å²) in [6, 6.07) is 14.7. The number of carbonyl (C=O) groups excluding carboxylic acids is 1. The topological polar surface area (TPSA) is 55.6 Å². The summed E-state index contributed by atoms with van der Waals surface area (Å²) in [6.07, 6.45) is 0.350. The molecule has 0 radical (unpaired) electrons. The van der Waals surface area contributed by atoms with Crippen LogP contribution in [0.5, 0.6) is 5.75 Å². The molecule has 2 aromatic carbocycles. The van der Waals surface area contributed by atoms with Crippen molar-refractivity contribution in [2.45, 2.75) is 6.42 Å². The van der Waals surface area contributed by atoms with E-state index in [0.29, 0.717) is 12.1 Å². The number of hydrogen-bond donors (Lipinski definition) is 1. The van der Waals surface area contributed by atoms with E-state index in [9.17, 15) is 4.79 Å². The van der Waals surface area contributed by atoms with Gasteiger partial charge in [0.2, 0.25) is 5.91 Å². The van der Waals surface area contributed by atoms with Crippen LogP contribution in [0.1, 0.15) is 5.56 Å². The number of anilines is 2. The summed E-state index contributed by atoms with van der Waals surface area (Å²) in [4.78, 5) is 13.9. The lowest BCUT2D eigenvalue weighted by atomic mass is 10.1. The first kappa shape index (κ1) is 13.9. The molecule has 0 aliphatic carbocycles. The molecule has 0 aliphatic rings. The summed E-state index contributed by atoms with van der Waals surface area (Å²) >= 11 is 0. The predicted molar refractivity (Wildman–Crippen MR) is 81.0 cm³/mol. The van der Waals surface area contributed by atoms with E-state index in [0.717, 1.165) is 17.0 Å². The van der Waals surface area contributed by atoms with Crippen LogP contribution in [-0.4, -0.2) is 20.1 Å². The first-order valence-corrected chi connectivity index (χ1v) is 6.35. The second-order valence-electron chi connectivity index (χ2n) is 4.57. The summed E-state index contributed by atoms with van der Waals surface area (Å²) in [5.41, 5.74) is 8.12. The van der Waals surface area contributed by atoms with E-state index in [1.807, 2.05) is 36.4 Å². The van der Waals surface area contributed by atoms with Crippen molar-refractivity contribution in [2.75, 3.05) is 24.8 Å². The number of nitrogens with two attached hydrogens (primary N) is 1. The minimum atomic E-state index is 0.0277. The number of methoxy groups -OCH3 is 1. The van der Waals surface area contributed by atoms with Gasteiger partial charge in [-0.2, -0.15) is 0 Å². The van der Waals surface area contributed by atoms with Gasteiger partial charge in [-0.3, -0.25) is 4.79 Å². The molecule has 0 heterocycles. The van der Waals surface area contributed by atoms with Gasteiger partial charge in [-0.25, -0.2) is 0 Å². The highest BCUT2D eigenvalue weighted by Gasteiger charge is 2.11. The van der Waals surface area contributed by atoms with Gasteiger partial charge in [-0.15, -0.1) is 0 Å². The molecule has 20 heavy (non-hydrogen) atoms. The van der Waals surface area contributed by atoms with Crippen LogP contribution in [0.25, 0.3) is 0 Å². The number of carbonyl (C=O) groups is 1. The van der Waals surface area contributed by atoms with Crippen LogP contribution in [0.2, 0.25) is 0 Å². The zero-order valence-electron chi connectivity index (χ0n) is 11.7. The normalized spacial score (nSPS) is 10.1. The maximum atomic E-state index is 12.2. The molecule has 0 fully saturated rings. The highest BCUT2D eigenvalue weighted by atomic mass is 16.5. The second-order valence-corrected chi connectivity index (χ2v) is 4.57. The SMILES string of the molecule is COc1ccc(N(C)C(=O)Cc2ccc(N)cc2)cc1. The van der Waals surface area contributed by atoms with Crippen molar-refractivity contribution in [3.63, 3.8) is 0 Å². The third-order valence-corrected chi connectivity index (χ3v) is 3.17. The number of amides is 1. The minimum absolute atomic E-state index is 0.0277. The molecule has 1 amide bonds. The van der Waals surface area contributed by atoms with Gasteiger partial charge in [-0.05, 0) is 42.0 Å². The lowest BCUT2D eigenvalue weighted by Crippen LogP contribution is -2.27. The molecule has 0 atom stereocenters. The number of rotatable bonds is 4. The van der Waals surface area contributed by atoms with Gasteiger partial charge in [0, 0.05) is 18.4 Å². The number of ether oxygens (including phenoxy) is 1. The Hall–Kier alpha value is -2.49. The van der Waals surface area contributed by atoms with Gasteiger partial charge in [0.05, 0.1) is 13.5 Å².